The number of allylic oxidation sites excluding steroid dienone is 1. The molecule has 0 radical (unpaired) electrons. The van der Waals surface area contributed by atoms with Gasteiger partial charge < -0.3 is 9.64 Å². The van der Waals surface area contributed by atoms with Gasteiger partial charge in [-0.05, 0) is 59.1 Å². The maximum atomic E-state index is 13.8. The summed E-state index contributed by atoms with van der Waals surface area (Å²) in [4.78, 5) is 19.4. The molecule has 2 aliphatic rings. The van der Waals surface area contributed by atoms with Crippen LogP contribution in [-0.2, 0) is 22.1 Å². The fraction of sp³-hybridized carbons (Fsp3) is 0.261. The molecule has 1 saturated heterocycles. The molecule has 176 valence electrons. The van der Waals surface area contributed by atoms with Gasteiger partial charge >= 0.3 is 6.18 Å². The predicted octanol–water partition coefficient (Wildman–Crippen LogP) is 5.15. The lowest BCUT2D eigenvalue weighted by molar-refractivity contribution is -0.138. The highest BCUT2D eigenvalue weighted by atomic mass is 35.5. The third-order valence-corrected chi connectivity index (χ3v) is 7.24. The number of alkyl halides is 3. The lowest BCUT2D eigenvalue weighted by atomic mass is 9.93. The van der Waals surface area contributed by atoms with Gasteiger partial charge in [0, 0.05) is 30.6 Å². The van der Waals surface area contributed by atoms with Crippen LogP contribution in [0.2, 0.25) is 5.02 Å². The molecule has 0 aliphatic carbocycles. The maximum absolute atomic E-state index is 13.8. The van der Waals surface area contributed by atoms with Crippen molar-refractivity contribution in [2.45, 2.75) is 18.7 Å². The number of methoxy groups -OCH3 is 1. The molecule has 3 heterocycles. The maximum Gasteiger partial charge on any atom is 0.416 e. The van der Waals surface area contributed by atoms with Crippen molar-refractivity contribution >= 4 is 50.9 Å². The molecule has 2 aliphatic heterocycles. The van der Waals surface area contributed by atoms with E-state index in [0.717, 1.165) is 17.0 Å². The number of hydrogen-bond acceptors (Lipinski definition) is 5. The van der Waals surface area contributed by atoms with Gasteiger partial charge in [0.05, 0.1) is 28.3 Å². The zero-order valence-electron chi connectivity index (χ0n) is 17.8. The Morgan fingerprint density at radius 1 is 1.26 bits per heavy atom. The van der Waals surface area contributed by atoms with Crippen LogP contribution in [0.4, 0.5) is 13.2 Å². The van der Waals surface area contributed by atoms with E-state index in [9.17, 15) is 18.0 Å². The van der Waals surface area contributed by atoms with Gasteiger partial charge in [-0.2, -0.15) is 23.3 Å². The standard InChI is InChI=1S/C23H18ClF3N4O2S/c1-33-16-10-31(11-16)22-29-21(32)20(34-22)17(12-3-5-19-14(6-12)9-28-30-19)7-13-2-4-15(24)8-18(13)23(25,26)27/h2-6,8-9,16H,7,10-11H2,1H3,(H,28,30). The number of amides is 1. The molecule has 1 fully saturated rings. The lowest BCUT2D eigenvalue weighted by Gasteiger charge is -2.38. The molecule has 0 unspecified atom stereocenters. The van der Waals surface area contributed by atoms with Crippen LogP contribution >= 0.6 is 23.4 Å². The van der Waals surface area contributed by atoms with Crippen LogP contribution in [0.1, 0.15) is 16.7 Å². The molecular weight excluding hydrogens is 489 g/mol. The Hall–Kier alpha value is -2.82. The van der Waals surface area contributed by atoms with Crippen LogP contribution in [0.5, 0.6) is 0 Å². The second kappa shape index (κ2) is 8.75. The number of aliphatic imine (C=N–C) groups is 1. The Bertz CT molecular complexity index is 1350. The molecule has 0 atom stereocenters. The highest BCUT2D eigenvalue weighted by Gasteiger charge is 2.37. The summed E-state index contributed by atoms with van der Waals surface area (Å²) >= 11 is 7.05. The molecule has 0 spiro atoms. The monoisotopic (exact) mass is 506 g/mol. The minimum Gasteiger partial charge on any atom is -0.378 e. The van der Waals surface area contributed by atoms with Crippen molar-refractivity contribution in [3.05, 3.63) is 69.2 Å². The van der Waals surface area contributed by atoms with Crippen LogP contribution in [-0.4, -0.2) is 52.5 Å². The van der Waals surface area contributed by atoms with Crippen molar-refractivity contribution in [3.8, 4) is 0 Å². The second-order valence-electron chi connectivity index (χ2n) is 8.02. The molecule has 0 bridgehead atoms. The fourth-order valence-corrected chi connectivity index (χ4v) is 5.17. The normalized spacial score (nSPS) is 18.4. The van der Waals surface area contributed by atoms with Crippen LogP contribution in [0, 0.1) is 0 Å². The van der Waals surface area contributed by atoms with Crippen LogP contribution < -0.4 is 0 Å². The molecule has 1 amide bonds. The molecule has 6 nitrogen and oxygen atoms in total. The van der Waals surface area contributed by atoms with Gasteiger partial charge in [-0.1, -0.05) is 23.7 Å². The Morgan fingerprint density at radius 2 is 2.06 bits per heavy atom. The number of H-pyrrole nitrogens is 1. The first kappa shape index (κ1) is 22.9. The van der Waals surface area contributed by atoms with E-state index in [1.807, 2.05) is 4.90 Å². The predicted molar refractivity (Wildman–Crippen MR) is 126 cm³/mol. The smallest absolute Gasteiger partial charge is 0.378 e. The minimum atomic E-state index is -4.59. The highest BCUT2D eigenvalue weighted by molar-refractivity contribution is 8.18. The minimum absolute atomic E-state index is 0.00693. The molecule has 2 aromatic carbocycles. The summed E-state index contributed by atoms with van der Waals surface area (Å²) in [6.07, 6.45) is -3.02. The van der Waals surface area contributed by atoms with Crippen molar-refractivity contribution in [2.75, 3.05) is 20.2 Å². The zero-order chi connectivity index (χ0) is 24.0. The van der Waals surface area contributed by atoms with Gasteiger partial charge in [-0.25, -0.2) is 0 Å². The number of nitrogens with zero attached hydrogens (tertiary/aromatic N) is 3. The van der Waals surface area contributed by atoms with Gasteiger partial charge in [-0.15, -0.1) is 0 Å². The third-order valence-electron chi connectivity index (χ3n) is 5.84. The largest absolute Gasteiger partial charge is 0.416 e. The summed E-state index contributed by atoms with van der Waals surface area (Å²) < 4.78 is 46.7. The van der Waals surface area contributed by atoms with Crippen molar-refractivity contribution in [1.82, 2.24) is 15.1 Å². The first-order valence-corrected chi connectivity index (χ1v) is 11.5. The van der Waals surface area contributed by atoms with E-state index in [-0.39, 0.29) is 23.1 Å². The van der Waals surface area contributed by atoms with Crippen molar-refractivity contribution < 1.29 is 22.7 Å². The second-order valence-corrected chi connectivity index (χ2v) is 9.43. The van der Waals surface area contributed by atoms with E-state index in [1.165, 1.54) is 23.9 Å². The average molecular weight is 507 g/mol. The Labute approximate surface area is 201 Å². The fourth-order valence-electron chi connectivity index (χ4n) is 3.97. The van der Waals surface area contributed by atoms with E-state index < -0.39 is 17.6 Å². The average Bonchev–Trinajstić information content (AvgIpc) is 3.37. The number of ether oxygens (including phenoxy) is 1. The summed E-state index contributed by atoms with van der Waals surface area (Å²) in [6.45, 7) is 1.21. The number of benzene rings is 2. The molecule has 1 aromatic heterocycles. The number of aromatic amines is 1. The van der Waals surface area contributed by atoms with E-state index in [2.05, 4.69) is 15.2 Å². The van der Waals surface area contributed by atoms with Gasteiger partial charge in [0.1, 0.15) is 0 Å². The van der Waals surface area contributed by atoms with Gasteiger partial charge in [0.2, 0.25) is 0 Å². The number of amidine groups is 1. The molecule has 3 aromatic rings. The van der Waals surface area contributed by atoms with Crippen LogP contribution in [0.25, 0.3) is 16.5 Å². The van der Waals surface area contributed by atoms with Gasteiger partial charge in [0.15, 0.2) is 5.17 Å². The number of likely N-dealkylation sites (tertiary alicyclic amines) is 1. The Balaban J connectivity index is 1.58. The molecule has 11 heteroatoms. The number of fused-ring (bicyclic) bond motifs is 1. The summed E-state index contributed by atoms with van der Waals surface area (Å²) in [7, 11) is 1.62. The lowest BCUT2D eigenvalue weighted by Crippen LogP contribution is -2.53. The topological polar surface area (TPSA) is 70.6 Å². The van der Waals surface area contributed by atoms with Crippen molar-refractivity contribution in [3.63, 3.8) is 0 Å². The SMILES string of the molecule is COC1CN(C2=NC(=O)C(=C(Cc3ccc(Cl)cc3C(F)(F)F)c3ccc4[nH]ncc4c3)S2)C1. The van der Waals surface area contributed by atoms with Crippen molar-refractivity contribution in [2.24, 2.45) is 4.99 Å². The summed E-state index contributed by atoms with van der Waals surface area (Å²) in [6, 6.07) is 9.05. The van der Waals surface area contributed by atoms with E-state index >= 15 is 0 Å². The van der Waals surface area contributed by atoms with E-state index in [1.54, 1.807) is 31.5 Å². The van der Waals surface area contributed by atoms with E-state index in [0.29, 0.717) is 34.3 Å². The quantitative estimate of drug-likeness (QED) is 0.496. The number of rotatable bonds is 4. The number of carbonyl (C=O) groups excluding carboxylic acids is 1. The number of thioether (sulfide) groups is 1. The van der Waals surface area contributed by atoms with Gasteiger partial charge in [0.25, 0.3) is 5.91 Å². The molecule has 1 N–H and O–H groups in total. The van der Waals surface area contributed by atoms with Crippen molar-refractivity contribution in [1.29, 1.82) is 0 Å². The number of halogens is 4. The van der Waals surface area contributed by atoms with Crippen LogP contribution in [0.3, 0.4) is 0 Å². The first-order valence-electron chi connectivity index (χ1n) is 10.3. The third kappa shape index (κ3) is 4.33. The number of aromatic nitrogens is 2. The summed E-state index contributed by atoms with van der Waals surface area (Å²) in [5.41, 5.74) is 1.07. The molecular formula is C23H18ClF3N4O2S. The Morgan fingerprint density at radius 3 is 2.79 bits per heavy atom. The molecule has 0 saturated carbocycles. The first-order chi connectivity index (χ1) is 16.2. The summed E-state index contributed by atoms with van der Waals surface area (Å²) in [5, 5.41) is 8.16. The van der Waals surface area contributed by atoms with Gasteiger partial charge in [-0.3, -0.25) is 9.89 Å². The highest BCUT2D eigenvalue weighted by Crippen LogP contribution is 2.41. The number of carbonyl (C=O) groups is 1. The molecule has 34 heavy (non-hydrogen) atoms. The van der Waals surface area contributed by atoms with Crippen LogP contribution in [0.15, 0.2) is 52.5 Å². The summed E-state index contributed by atoms with van der Waals surface area (Å²) in [5.74, 6) is -0.467. The number of hydrogen-bond donors (Lipinski definition) is 1. The zero-order valence-corrected chi connectivity index (χ0v) is 19.4. The number of nitrogens with one attached hydrogen (secondary N) is 1. The molecule has 5 rings (SSSR count). The Kier molecular flexibility index (Phi) is 5.91. The van der Waals surface area contributed by atoms with E-state index in [4.69, 9.17) is 16.3 Å².